The highest BCUT2D eigenvalue weighted by Gasteiger charge is 2.70. The fraction of sp³-hybridized carbons (Fsp3) is 0.735. The highest BCUT2D eigenvalue weighted by Crippen LogP contribution is 2.76. The molecular weight excluding hydrogens is 654 g/mol. The van der Waals surface area contributed by atoms with Gasteiger partial charge >= 0.3 is 5.97 Å². The first-order valence-corrected chi connectivity index (χ1v) is 21.6. The highest BCUT2D eigenvalue weighted by atomic mass is 19.1. The van der Waals surface area contributed by atoms with Crippen molar-refractivity contribution in [2.75, 3.05) is 13.2 Å². The van der Waals surface area contributed by atoms with Crippen molar-refractivity contribution in [1.29, 1.82) is 0 Å². The fourth-order valence-corrected chi connectivity index (χ4v) is 14.6. The van der Waals surface area contributed by atoms with E-state index >= 15 is 0 Å². The molecule has 0 saturated heterocycles. The third-order valence-electron chi connectivity index (χ3n) is 17.7. The molecule has 4 heteroatoms. The van der Waals surface area contributed by atoms with Crippen molar-refractivity contribution < 1.29 is 15.3 Å². The topological polar surface area (TPSA) is 38.3 Å². The van der Waals surface area contributed by atoms with Crippen LogP contribution in [0.25, 0.3) is 0 Å². The molecule has 53 heavy (non-hydrogen) atoms. The normalized spacial score (nSPS) is 41.7. The number of benzene rings is 1. The van der Waals surface area contributed by atoms with Crippen molar-refractivity contribution in [2.45, 2.75) is 151 Å². The number of nitrogens with one attached hydrogen (secondary N) is 1. The molecule has 6 aliphatic carbocycles. The molecule has 4 saturated carbocycles. The highest BCUT2D eigenvalue weighted by molar-refractivity contribution is 5.78. The Balaban J connectivity index is 0.00000497. The van der Waals surface area contributed by atoms with Crippen molar-refractivity contribution in [3.8, 4) is 0 Å². The smallest absolute Gasteiger partial charge is 0.315 e. The van der Waals surface area contributed by atoms with Gasteiger partial charge in [-0.2, -0.15) is 0 Å². The lowest BCUT2D eigenvalue weighted by atomic mass is 9.33. The molecule has 3 nitrogen and oxygen atoms in total. The molecule has 6 aliphatic rings. The molecule has 0 radical (unpaired) electrons. The Morgan fingerprint density at radius 3 is 2.34 bits per heavy atom. The van der Waals surface area contributed by atoms with Crippen molar-refractivity contribution >= 4 is 5.97 Å². The van der Waals surface area contributed by atoms with Gasteiger partial charge in [-0.25, -0.2) is 4.39 Å². The van der Waals surface area contributed by atoms with Crippen LogP contribution in [0.5, 0.6) is 0 Å². The largest absolute Gasteiger partial charge is 0.460 e. The minimum atomic E-state index is -1.07. The zero-order valence-corrected chi connectivity index (χ0v) is 34.7. The second-order valence-corrected chi connectivity index (χ2v) is 20.9. The second-order valence-electron chi connectivity index (χ2n) is 20.9. The van der Waals surface area contributed by atoms with Crippen LogP contribution < -0.4 is 5.32 Å². The number of rotatable bonds is 10. The van der Waals surface area contributed by atoms with Crippen LogP contribution in [0.2, 0.25) is 0 Å². The first-order valence-electron chi connectivity index (χ1n) is 21.6. The Kier molecular flexibility index (Phi) is 10.4. The lowest BCUT2D eigenvalue weighted by Crippen LogP contribution is -2.68. The molecule has 4 fully saturated rings. The predicted octanol–water partition coefficient (Wildman–Crippen LogP) is 12.6. The number of halogens is 1. The van der Waals surface area contributed by atoms with Crippen LogP contribution in [-0.2, 0) is 16.1 Å². The van der Waals surface area contributed by atoms with E-state index in [2.05, 4.69) is 79.4 Å². The Labute approximate surface area is 323 Å². The van der Waals surface area contributed by atoms with Crippen molar-refractivity contribution in [3.05, 3.63) is 71.3 Å². The summed E-state index contributed by atoms with van der Waals surface area (Å²) in [4.78, 5) is 13.3. The van der Waals surface area contributed by atoms with E-state index in [1.165, 1.54) is 74.5 Å². The van der Waals surface area contributed by atoms with E-state index in [0.29, 0.717) is 47.3 Å². The van der Waals surface area contributed by atoms with Crippen LogP contribution in [0.4, 0.5) is 4.39 Å². The summed E-state index contributed by atoms with van der Waals surface area (Å²) in [5.74, 6) is 3.74. The van der Waals surface area contributed by atoms with Gasteiger partial charge in [-0.15, -0.1) is 0 Å². The molecule has 0 aliphatic heterocycles. The van der Waals surface area contributed by atoms with E-state index in [1.807, 2.05) is 30.3 Å². The molecule has 0 amide bonds. The van der Waals surface area contributed by atoms with Crippen molar-refractivity contribution in [2.24, 2.45) is 62.6 Å². The number of carbonyl (C=O) groups is 1. The molecule has 0 spiro atoms. The summed E-state index contributed by atoms with van der Waals surface area (Å²) in [5.41, 5.74) is 5.32. The summed E-state index contributed by atoms with van der Waals surface area (Å²) in [6.45, 7) is 25.5. The summed E-state index contributed by atoms with van der Waals surface area (Å²) in [5, 5.41) is 4.27. The predicted molar refractivity (Wildman–Crippen MR) is 219 cm³/mol. The van der Waals surface area contributed by atoms with Crippen molar-refractivity contribution in [3.63, 3.8) is 0 Å². The van der Waals surface area contributed by atoms with E-state index in [1.54, 1.807) is 0 Å². The first-order chi connectivity index (χ1) is 25.1. The first kappa shape index (κ1) is 39.1. The second kappa shape index (κ2) is 14.1. The van der Waals surface area contributed by atoms with Crippen LogP contribution >= 0.6 is 0 Å². The maximum Gasteiger partial charge on any atom is 0.315 e. The van der Waals surface area contributed by atoms with E-state index in [-0.39, 0.29) is 24.4 Å². The summed E-state index contributed by atoms with van der Waals surface area (Å²) < 4.78 is 20.4. The number of allylic oxidation sites excluding steroid dienone is 5. The van der Waals surface area contributed by atoms with E-state index < -0.39 is 18.1 Å². The third kappa shape index (κ3) is 6.17. The van der Waals surface area contributed by atoms with Gasteiger partial charge in [0.15, 0.2) is 0 Å². The molecule has 0 aromatic heterocycles. The number of carbonyl (C=O) groups excluding carboxylic acids is 1. The maximum atomic E-state index is 14.7. The Morgan fingerprint density at radius 2 is 1.68 bits per heavy atom. The van der Waals surface area contributed by atoms with Crippen molar-refractivity contribution in [1.82, 2.24) is 5.32 Å². The van der Waals surface area contributed by atoms with Crippen LogP contribution in [0.1, 0.15) is 146 Å². The third-order valence-corrected chi connectivity index (χ3v) is 17.7. The molecule has 1 N–H and O–H groups in total. The van der Waals surface area contributed by atoms with Gasteiger partial charge in [0.2, 0.25) is 0 Å². The van der Waals surface area contributed by atoms with Gasteiger partial charge in [0.1, 0.15) is 13.3 Å². The summed E-state index contributed by atoms with van der Waals surface area (Å²) in [6.07, 6.45) is 19.5. The average Bonchev–Trinajstić information content (AvgIpc) is 3.51. The van der Waals surface area contributed by atoms with Gasteiger partial charge in [-0.05, 0) is 171 Å². The number of fused-ring (bicyclic) bond motifs is 7. The Hall–Kier alpha value is -2.20. The van der Waals surface area contributed by atoms with E-state index in [9.17, 15) is 9.18 Å². The SMILES string of the molecule is C=C(C)[C@@H]1CC[C@]2(NCCC(C)C)CC[C@]3(C)[C@H](CC[C@@H]4[C@@]5(C)CC=C(C6=CC[C@](CF)(C(=O)OCc7ccccc7)CC6)C(C)(C)[C@@H]5CC[C@]43C)[C@@H]12.[HH]. The molecule has 1 aromatic rings. The van der Waals surface area contributed by atoms with Crippen LogP contribution in [0.15, 0.2) is 65.8 Å². The summed E-state index contributed by atoms with van der Waals surface area (Å²) >= 11 is 0. The molecule has 1 aromatic carbocycles. The standard InChI is InChI=1S/C49H72FNO2.H2/c1-33(2)22-30-51-49-27-19-37(34(3)4)42(49)39-15-16-41-45(7)23-20-38(44(5,6)40(45)21-24-47(41,9)46(39,8)28-29-49)36-17-25-48(32-50,26-18-36)43(52)53-31-35-13-11-10-12-14-35;/h10-14,17,20,33,37,39-42,51H,3,15-16,18-19,21-32H2,1-2,4-9H3;1H/t37-,39+,40-,41+,42+,45-,46+,47+,48-,49-;/m0./s1. The van der Waals surface area contributed by atoms with Crippen LogP contribution in [-0.4, -0.2) is 24.7 Å². The Bertz CT molecular complexity index is 1620. The number of esters is 1. The zero-order valence-electron chi connectivity index (χ0n) is 34.7. The Morgan fingerprint density at radius 1 is 0.925 bits per heavy atom. The van der Waals surface area contributed by atoms with Gasteiger partial charge in [0.05, 0.1) is 5.41 Å². The van der Waals surface area contributed by atoms with Crippen LogP contribution in [0, 0.1) is 62.6 Å². The van der Waals surface area contributed by atoms with Gasteiger partial charge in [-0.3, -0.25) is 4.79 Å². The van der Waals surface area contributed by atoms with E-state index in [4.69, 9.17) is 4.74 Å². The lowest BCUT2D eigenvalue weighted by molar-refractivity contribution is -0.221. The molecular formula is C49H74FNO2. The number of hydrogen-bond donors (Lipinski definition) is 1. The lowest BCUT2D eigenvalue weighted by Gasteiger charge is -2.72. The van der Waals surface area contributed by atoms with Gasteiger partial charge < -0.3 is 10.1 Å². The maximum absolute atomic E-state index is 14.7. The molecule has 0 heterocycles. The minimum absolute atomic E-state index is 0. The molecule has 7 rings (SSSR count). The molecule has 0 bridgehead atoms. The zero-order chi connectivity index (χ0) is 38.0. The molecule has 0 unspecified atom stereocenters. The van der Waals surface area contributed by atoms with Gasteiger partial charge in [0, 0.05) is 6.97 Å². The monoisotopic (exact) mass is 728 g/mol. The summed E-state index contributed by atoms with van der Waals surface area (Å²) in [6, 6.07) is 9.72. The number of hydrogen-bond acceptors (Lipinski definition) is 3. The average molecular weight is 728 g/mol. The number of alkyl halides is 1. The molecule has 10 atom stereocenters. The summed E-state index contributed by atoms with van der Waals surface area (Å²) in [7, 11) is 0. The van der Waals surface area contributed by atoms with Crippen LogP contribution in [0.3, 0.4) is 0 Å². The minimum Gasteiger partial charge on any atom is -0.460 e. The fourth-order valence-electron chi connectivity index (χ4n) is 14.6. The van der Waals surface area contributed by atoms with E-state index in [0.717, 1.165) is 36.8 Å². The van der Waals surface area contributed by atoms with Gasteiger partial charge in [0.25, 0.3) is 0 Å². The molecule has 294 valence electrons. The quantitative estimate of drug-likeness (QED) is 0.193. The number of ether oxygens (including phenoxy) is 1. The van der Waals surface area contributed by atoms with Gasteiger partial charge in [-0.1, -0.05) is 103 Å².